The fourth-order valence-electron chi connectivity index (χ4n) is 0.899. The Bertz CT molecular complexity index is 82.5. The summed E-state index contributed by atoms with van der Waals surface area (Å²) in [5, 5.41) is 0. The van der Waals surface area contributed by atoms with Crippen LogP contribution in [0.15, 0.2) is 0 Å². The van der Waals surface area contributed by atoms with E-state index in [2.05, 4.69) is 24.2 Å². The molecule has 0 heterocycles. The van der Waals surface area contributed by atoms with Crippen LogP contribution in [-0.2, 0) is 23.1 Å². The summed E-state index contributed by atoms with van der Waals surface area (Å²) in [6.45, 7) is 9.83. The first-order valence-electron chi connectivity index (χ1n) is 4.47. The maximum atomic E-state index is 5.45. The predicted octanol–water partition coefficient (Wildman–Crippen LogP) is 2.90. The van der Waals surface area contributed by atoms with Crippen molar-refractivity contribution in [2.75, 3.05) is 19.7 Å². The van der Waals surface area contributed by atoms with Crippen molar-refractivity contribution in [2.45, 2.75) is 33.6 Å². The average Bonchev–Trinajstić information content (AvgIpc) is 2.01. The number of hydrogen-bond acceptors (Lipinski definition) is 2. The molecular weight excluding hydrogens is 245 g/mol. The molecule has 0 rings (SSSR count). The number of nitrogens with zero attached hydrogens (tertiary/aromatic N) is 1. The van der Waals surface area contributed by atoms with E-state index >= 15 is 0 Å². The van der Waals surface area contributed by atoms with Crippen LogP contribution < -0.4 is 0 Å². The van der Waals surface area contributed by atoms with Crippen LogP contribution in [0.3, 0.4) is 0 Å². The van der Waals surface area contributed by atoms with Crippen molar-refractivity contribution in [2.24, 2.45) is 0 Å². The van der Waals surface area contributed by atoms with E-state index in [1.54, 1.807) is 0 Å². The Labute approximate surface area is 104 Å². The molecule has 0 aliphatic carbocycles. The van der Waals surface area contributed by atoms with E-state index in [-0.39, 0.29) is 44.6 Å². The normalized spacial score (nSPS) is 8.92. The molecule has 0 N–H and O–H groups in total. The van der Waals surface area contributed by atoms with Crippen LogP contribution in [0.4, 0.5) is 0 Å². The van der Waals surface area contributed by atoms with Gasteiger partial charge in [0, 0.05) is 0 Å². The van der Waals surface area contributed by atoms with E-state index < -0.39 is 0 Å². The van der Waals surface area contributed by atoms with Crippen LogP contribution in [0.25, 0.3) is 0 Å². The number of rotatable bonds is 7. The molecule has 0 aromatic carbocycles. The molecule has 0 saturated heterocycles. The van der Waals surface area contributed by atoms with Gasteiger partial charge in [-0.3, -0.25) is 0 Å². The van der Waals surface area contributed by atoms with Crippen molar-refractivity contribution >= 4 is 24.8 Å². The zero-order valence-corrected chi connectivity index (χ0v) is 11.9. The molecule has 5 heteroatoms. The van der Waals surface area contributed by atoms with Gasteiger partial charge in [0.15, 0.2) is 0 Å². The quantitative estimate of drug-likeness (QED) is 0.657. The van der Waals surface area contributed by atoms with Gasteiger partial charge in [-0.1, -0.05) is 0 Å². The van der Waals surface area contributed by atoms with Crippen molar-refractivity contribution in [1.82, 2.24) is 3.38 Å². The van der Waals surface area contributed by atoms with Crippen molar-refractivity contribution in [3.63, 3.8) is 0 Å². The molecule has 0 atom stereocenters. The van der Waals surface area contributed by atoms with Gasteiger partial charge in [0.25, 0.3) is 0 Å². The van der Waals surface area contributed by atoms with Gasteiger partial charge >= 0.3 is 79.8 Å². The van der Waals surface area contributed by atoms with Crippen LogP contribution in [-0.4, -0.2) is 23.1 Å². The molecule has 0 aliphatic heterocycles. The van der Waals surface area contributed by atoms with Crippen molar-refractivity contribution in [3.05, 3.63) is 0 Å². The molecule has 0 unspecified atom stereocenters. The summed E-state index contributed by atoms with van der Waals surface area (Å²) in [4.78, 5) is 0. The number of hydrogen-bond donors (Lipinski definition) is 0. The Kier molecular flexibility index (Phi) is 23.8. The van der Waals surface area contributed by atoms with Gasteiger partial charge in [-0.15, -0.1) is 24.8 Å². The van der Waals surface area contributed by atoms with Gasteiger partial charge in [-0.2, -0.15) is 0 Å². The van der Waals surface area contributed by atoms with Crippen LogP contribution in [0, 0.1) is 0 Å². The minimum absolute atomic E-state index is 0. The van der Waals surface area contributed by atoms with Crippen LogP contribution in [0.1, 0.15) is 33.6 Å². The summed E-state index contributed by atoms with van der Waals surface area (Å²) in [6, 6.07) is 0. The van der Waals surface area contributed by atoms with Crippen LogP contribution in [0.2, 0.25) is 0 Å². The molecule has 0 spiro atoms. The fourth-order valence-corrected chi connectivity index (χ4v) is 2.37. The molecule has 0 aromatic rings. The molecule has 13 heavy (non-hydrogen) atoms. The summed E-state index contributed by atoms with van der Waals surface area (Å²) in [7, 11) is 0. The van der Waals surface area contributed by atoms with Gasteiger partial charge in [0.2, 0.25) is 0 Å². The summed E-state index contributed by atoms with van der Waals surface area (Å²) in [5.74, 6) is 0. The Balaban J connectivity index is -0.000000500. The van der Waals surface area contributed by atoms with Gasteiger partial charge < -0.3 is 0 Å². The second-order valence-corrected chi connectivity index (χ2v) is 4.23. The topological polar surface area (TPSA) is 12.5 Å². The summed E-state index contributed by atoms with van der Waals surface area (Å²) < 4.78 is 7.93. The molecule has 0 aliphatic rings. The third-order valence-corrected chi connectivity index (χ3v) is 3.08. The van der Waals surface area contributed by atoms with E-state index in [0.717, 1.165) is 6.61 Å². The minimum Gasteiger partial charge on any atom is -0.147 e. The van der Waals surface area contributed by atoms with E-state index in [9.17, 15) is 0 Å². The standard InChI is InChI=1S/C6H14N.C2H5O.2ClH.Ti/c1-3-5-7-6-4-2;1-2-3;;;/h3-6H2,1-2H3;2H2,1H3;2*1H;/q2*-1;;;+2. The monoisotopic (exact) mass is 265 g/mol. The SMILES string of the molecule is CCC[N](CCC)[Ti][O]CC.Cl.Cl. The molecule has 0 radical (unpaired) electrons. The molecule has 2 nitrogen and oxygen atoms in total. The predicted molar refractivity (Wildman–Crippen MR) is 58.3 cm³/mol. The van der Waals surface area contributed by atoms with Crippen LogP contribution in [0.5, 0.6) is 0 Å². The molecule has 0 fully saturated rings. The second-order valence-electron chi connectivity index (χ2n) is 2.51. The first kappa shape index (κ1) is 19.7. The molecule has 0 saturated carbocycles. The third-order valence-electron chi connectivity index (χ3n) is 1.33. The molecule has 0 aromatic heterocycles. The maximum Gasteiger partial charge on any atom is -0.147 e. The van der Waals surface area contributed by atoms with Crippen molar-refractivity contribution < 1.29 is 23.1 Å². The molecule has 82 valence electrons. The fraction of sp³-hybridized carbons (Fsp3) is 1.00. The molecule has 0 amide bonds. The van der Waals surface area contributed by atoms with Gasteiger partial charge in [-0.05, 0) is 0 Å². The van der Waals surface area contributed by atoms with Crippen molar-refractivity contribution in [1.29, 1.82) is 0 Å². The Morgan fingerprint density at radius 2 is 1.46 bits per heavy atom. The molecular formula is C8H21Cl2NOTi. The number of halogens is 2. The van der Waals surface area contributed by atoms with E-state index in [1.165, 1.54) is 25.9 Å². The summed E-state index contributed by atoms with van der Waals surface area (Å²) in [6.07, 6.45) is 2.49. The Hall–Kier alpha value is 1.21. The largest absolute Gasteiger partial charge is 0.147 e. The minimum atomic E-state index is -0.247. The average molecular weight is 266 g/mol. The zero-order valence-electron chi connectivity index (χ0n) is 8.71. The Morgan fingerprint density at radius 3 is 1.77 bits per heavy atom. The first-order chi connectivity index (χ1) is 5.35. The first-order valence-corrected chi connectivity index (χ1v) is 5.81. The zero-order chi connectivity index (χ0) is 8.53. The smallest absolute Gasteiger partial charge is 0.147 e. The summed E-state index contributed by atoms with van der Waals surface area (Å²) >= 11 is -0.247. The van der Waals surface area contributed by atoms with Gasteiger partial charge in [-0.25, -0.2) is 0 Å². The Morgan fingerprint density at radius 1 is 1.00 bits per heavy atom. The molecule has 0 bridgehead atoms. The summed E-state index contributed by atoms with van der Waals surface area (Å²) in [5.41, 5.74) is 0. The van der Waals surface area contributed by atoms with Gasteiger partial charge in [0.1, 0.15) is 0 Å². The van der Waals surface area contributed by atoms with Gasteiger partial charge in [0.05, 0.1) is 0 Å². The second kappa shape index (κ2) is 15.7. The van der Waals surface area contributed by atoms with E-state index in [4.69, 9.17) is 3.32 Å². The van der Waals surface area contributed by atoms with E-state index in [1.807, 2.05) is 0 Å². The maximum absolute atomic E-state index is 5.45. The van der Waals surface area contributed by atoms with Crippen molar-refractivity contribution in [3.8, 4) is 0 Å². The third kappa shape index (κ3) is 13.2. The van der Waals surface area contributed by atoms with Crippen LogP contribution >= 0.6 is 24.8 Å². The van der Waals surface area contributed by atoms with E-state index in [0.29, 0.717) is 0 Å².